The second-order valence-electron chi connectivity index (χ2n) is 5.74. The Morgan fingerprint density at radius 2 is 1.83 bits per heavy atom. The minimum atomic E-state index is -0.627. The van der Waals surface area contributed by atoms with Gasteiger partial charge in [-0.3, -0.25) is 19.6 Å². The highest BCUT2D eigenvalue weighted by molar-refractivity contribution is 6.13. The number of carbonyl (C=O) groups excluding carboxylic acids is 2. The average Bonchev–Trinajstić information content (AvgIpc) is 2.80. The topological polar surface area (TPSA) is 53.5 Å². The van der Waals surface area contributed by atoms with E-state index in [1.165, 1.54) is 34.1 Å². The van der Waals surface area contributed by atoms with Crippen molar-refractivity contribution in [3.05, 3.63) is 59.7 Å². The standard InChI is InChI=1S/C18H18FN3O2/c1-3-13-4-7-15(20-10-13)11-21-17(23)12(2)22(18(21)24)16-8-5-14(19)6-9-16/h4-10,12H,3,11H2,1-2H3. The molecule has 0 saturated carbocycles. The maximum atomic E-state index is 13.1. The Kier molecular flexibility index (Phi) is 4.29. The highest BCUT2D eigenvalue weighted by Gasteiger charge is 2.43. The molecule has 1 aliphatic rings. The summed E-state index contributed by atoms with van der Waals surface area (Å²) in [4.78, 5) is 32.0. The molecule has 3 rings (SSSR count). The molecule has 3 amide bonds. The van der Waals surface area contributed by atoms with E-state index >= 15 is 0 Å². The van der Waals surface area contributed by atoms with Crippen molar-refractivity contribution < 1.29 is 14.0 Å². The molecule has 1 atom stereocenters. The fourth-order valence-electron chi connectivity index (χ4n) is 2.73. The third-order valence-electron chi connectivity index (χ3n) is 4.17. The van der Waals surface area contributed by atoms with Crippen molar-refractivity contribution >= 4 is 17.6 Å². The predicted octanol–water partition coefficient (Wildman–Crippen LogP) is 3.14. The van der Waals surface area contributed by atoms with Crippen LogP contribution in [-0.4, -0.2) is 27.9 Å². The first-order valence-corrected chi connectivity index (χ1v) is 7.85. The molecule has 1 unspecified atom stereocenters. The maximum Gasteiger partial charge on any atom is 0.332 e. The van der Waals surface area contributed by atoms with Crippen molar-refractivity contribution in [3.8, 4) is 0 Å². The number of aryl methyl sites for hydroxylation is 1. The Morgan fingerprint density at radius 3 is 2.42 bits per heavy atom. The minimum Gasteiger partial charge on any atom is -0.282 e. The molecule has 5 nitrogen and oxygen atoms in total. The number of halogens is 1. The van der Waals surface area contributed by atoms with Crippen molar-refractivity contribution in [1.29, 1.82) is 0 Å². The Morgan fingerprint density at radius 1 is 1.12 bits per heavy atom. The van der Waals surface area contributed by atoms with E-state index in [0.29, 0.717) is 11.4 Å². The third kappa shape index (κ3) is 2.87. The van der Waals surface area contributed by atoms with Crippen LogP contribution in [0.1, 0.15) is 25.1 Å². The van der Waals surface area contributed by atoms with Crippen LogP contribution in [0, 0.1) is 5.82 Å². The molecule has 0 spiro atoms. The zero-order valence-electron chi connectivity index (χ0n) is 13.6. The number of benzene rings is 1. The third-order valence-corrected chi connectivity index (χ3v) is 4.17. The maximum absolute atomic E-state index is 13.1. The van der Waals surface area contributed by atoms with Gasteiger partial charge >= 0.3 is 6.03 Å². The molecule has 0 aliphatic carbocycles. The summed E-state index contributed by atoms with van der Waals surface area (Å²) < 4.78 is 13.1. The van der Waals surface area contributed by atoms with Gasteiger partial charge in [0.1, 0.15) is 11.9 Å². The first-order valence-electron chi connectivity index (χ1n) is 7.85. The van der Waals surface area contributed by atoms with Gasteiger partial charge in [-0.05, 0) is 49.2 Å². The summed E-state index contributed by atoms with van der Waals surface area (Å²) in [5.74, 6) is -0.674. The first kappa shape index (κ1) is 16.1. The molecule has 2 heterocycles. The van der Waals surface area contributed by atoms with Crippen molar-refractivity contribution in [2.24, 2.45) is 0 Å². The molecular weight excluding hydrogens is 309 g/mol. The summed E-state index contributed by atoms with van der Waals surface area (Å²) in [6.07, 6.45) is 2.63. The molecule has 1 aromatic heterocycles. The zero-order chi connectivity index (χ0) is 17.3. The summed E-state index contributed by atoms with van der Waals surface area (Å²) in [5.41, 5.74) is 2.25. The van der Waals surface area contributed by atoms with E-state index in [4.69, 9.17) is 0 Å². The van der Waals surface area contributed by atoms with Gasteiger partial charge in [0.2, 0.25) is 0 Å². The summed E-state index contributed by atoms with van der Waals surface area (Å²) in [6.45, 7) is 3.83. The largest absolute Gasteiger partial charge is 0.332 e. The monoisotopic (exact) mass is 327 g/mol. The summed E-state index contributed by atoms with van der Waals surface area (Å²) in [5, 5.41) is 0. The van der Waals surface area contributed by atoms with Crippen LogP contribution in [0.2, 0.25) is 0 Å². The lowest BCUT2D eigenvalue weighted by Crippen LogP contribution is -2.33. The number of carbonyl (C=O) groups is 2. The predicted molar refractivity (Wildman–Crippen MR) is 87.9 cm³/mol. The molecule has 124 valence electrons. The molecule has 6 heteroatoms. The fourth-order valence-corrected chi connectivity index (χ4v) is 2.73. The number of nitrogens with zero attached hydrogens (tertiary/aromatic N) is 3. The number of anilines is 1. The van der Waals surface area contributed by atoms with Crippen molar-refractivity contribution in [2.75, 3.05) is 4.90 Å². The van der Waals surface area contributed by atoms with Gasteiger partial charge in [-0.25, -0.2) is 9.18 Å². The summed E-state index contributed by atoms with van der Waals surface area (Å²) >= 11 is 0. The van der Waals surface area contributed by atoms with Crippen LogP contribution in [0.15, 0.2) is 42.6 Å². The van der Waals surface area contributed by atoms with Crippen LogP contribution in [0.3, 0.4) is 0 Å². The molecule has 24 heavy (non-hydrogen) atoms. The average molecular weight is 327 g/mol. The van der Waals surface area contributed by atoms with Gasteiger partial charge in [-0.15, -0.1) is 0 Å². The summed E-state index contributed by atoms with van der Waals surface area (Å²) in [7, 11) is 0. The van der Waals surface area contributed by atoms with E-state index in [0.717, 1.165) is 12.0 Å². The van der Waals surface area contributed by atoms with Gasteiger partial charge in [-0.2, -0.15) is 0 Å². The highest BCUT2D eigenvalue weighted by atomic mass is 19.1. The Labute approximate surface area is 139 Å². The number of aromatic nitrogens is 1. The van der Waals surface area contributed by atoms with E-state index in [2.05, 4.69) is 4.98 Å². The van der Waals surface area contributed by atoms with Gasteiger partial charge in [0, 0.05) is 11.9 Å². The number of hydrogen-bond acceptors (Lipinski definition) is 3. The molecular formula is C18H18FN3O2. The Balaban J connectivity index is 1.83. The van der Waals surface area contributed by atoms with Gasteiger partial charge in [0.15, 0.2) is 0 Å². The van der Waals surface area contributed by atoms with Crippen LogP contribution in [0.5, 0.6) is 0 Å². The van der Waals surface area contributed by atoms with Gasteiger partial charge in [0.25, 0.3) is 5.91 Å². The number of rotatable bonds is 4. The first-order chi connectivity index (χ1) is 11.5. The van der Waals surface area contributed by atoms with Crippen LogP contribution in [-0.2, 0) is 17.8 Å². The zero-order valence-corrected chi connectivity index (χ0v) is 13.6. The lowest BCUT2D eigenvalue weighted by Gasteiger charge is -2.19. The molecule has 1 saturated heterocycles. The highest BCUT2D eigenvalue weighted by Crippen LogP contribution is 2.26. The van der Waals surface area contributed by atoms with Crippen molar-refractivity contribution in [1.82, 2.24) is 9.88 Å². The summed E-state index contributed by atoms with van der Waals surface area (Å²) in [6, 6.07) is 8.25. The number of pyridine rings is 1. The molecule has 0 bridgehead atoms. The fraction of sp³-hybridized carbons (Fsp3) is 0.278. The smallest absolute Gasteiger partial charge is 0.282 e. The van der Waals surface area contributed by atoms with Crippen LogP contribution >= 0.6 is 0 Å². The van der Waals surface area contributed by atoms with Crippen molar-refractivity contribution in [3.63, 3.8) is 0 Å². The SMILES string of the molecule is CCc1ccc(CN2C(=O)C(C)N(c3ccc(F)cc3)C2=O)nc1. The van der Waals surface area contributed by atoms with Crippen molar-refractivity contribution in [2.45, 2.75) is 32.9 Å². The second kappa shape index (κ2) is 6.39. The van der Waals surface area contributed by atoms with Crippen LogP contribution < -0.4 is 4.90 Å². The molecule has 0 radical (unpaired) electrons. The molecule has 1 aromatic carbocycles. The van der Waals surface area contributed by atoms with E-state index < -0.39 is 12.1 Å². The molecule has 1 fully saturated rings. The normalized spacial score (nSPS) is 17.7. The number of imide groups is 1. The van der Waals surface area contributed by atoms with Gasteiger partial charge < -0.3 is 0 Å². The lowest BCUT2D eigenvalue weighted by molar-refractivity contribution is -0.127. The van der Waals surface area contributed by atoms with E-state index in [1.54, 1.807) is 13.1 Å². The molecule has 2 aromatic rings. The van der Waals surface area contributed by atoms with Crippen LogP contribution in [0.25, 0.3) is 0 Å². The van der Waals surface area contributed by atoms with E-state index in [1.807, 2.05) is 19.1 Å². The van der Waals surface area contributed by atoms with Gasteiger partial charge in [0.05, 0.1) is 12.2 Å². The number of hydrogen-bond donors (Lipinski definition) is 0. The van der Waals surface area contributed by atoms with Gasteiger partial charge in [-0.1, -0.05) is 13.0 Å². The van der Waals surface area contributed by atoms with E-state index in [-0.39, 0.29) is 18.3 Å². The quantitative estimate of drug-likeness (QED) is 0.811. The molecule has 0 N–H and O–H groups in total. The Hall–Kier alpha value is -2.76. The number of amides is 3. The van der Waals surface area contributed by atoms with Crippen LogP contribution in [0.4, 0.5) is 14.9 Å². The molecule has 1 aliphatic heterocycles. The minimum absolute atomic E-state index is 0.129. The second-order valence-corrected chi connectivity index (χ2v) is 5.74. The Bertz CT molecular complexity index is 759. The lowest BCUT2D eigenvalue weighted by atomic mass is 10.2. The number of urea groups is 1. The van der Waals surface area contributed by atoms with E-state index in [9.17, 15) is 14.0 Å².